The smallest absolute Gasteiger partial charge is 0.0153 e. The van der Waals surface area contributed by atoms with Crippen LogP contribution in [0.3, 0.4) is 0 Å². The molecule has 1 heteroatoms. The second kappa shape index (κ2) is 3.42. The van der Waals surface area contributed by atoms with Gasteiger partial charge < -0.3 is 4.98 Å². The maximum atomic E-state index is 3.28. The number of hydrogen-bond acceptors (Lipinski definition) is 0. The molecule has 60 valence electrons. The minimum atomic E-state index is 1.05. The highest BCUT2D eigenvalue weighted by molar-refractivity contribution is 5.26. The third-order valence-corrected chi connectivity index (χ3v) is 1.83. The van der Waals surface area contributed by atoms with E-state index in [1.54, 1.807) is 0 Å². The second-order valence-electron chi connectivity index (χ2n) is 2.88. The summed E-state index contributed by atoms with van der Waals surface area (Å²) in [5.41, 5.74) is 3.95. The van der Waals surface area contributed by atoms with Crippen molar-refractivity contribution in [2.24, 2.45) is 0 Å². The molecule has 1 aromatic rings. The Hall–Kier alpha value is -0.980. The van der Waals surface area contributed by atoms with Crippen molar-refractivity contribution in [2.75, 3.05) is 0 Å². The average Bonchev–Trinajstić information content (AvgIpc) is 2.26. The minimum absolute atomic E-state index is 1.05. The van der Waals surface area contributed by atoms with E-state index in [2.05, 4.69) is 44.0 Å². The monoisotopic (exact) mass is 149 g/mol. The molecule has 0 aliphatic rings. The maximum absolute atomic E-state index is 3.28. The number of hydrogen-bond donors (Lipinski definition) is 1. The highest BCUT2D eigenvalue weighted by Gasteiger charge is 1.97. The standard InChI is InChI=1S/C10H15N/c1-4-5-6-10-7-8(2)11-9(10)3/h4-5,7,11H,6H2,1-3H3/b5-4+. The molecule has 0 amide bonds. The summed E-state index contributed by atoms with van der Waals surface area (Å²) in [6, 6.07) is 2.20. The van der Waals surface area contributed by atoms with Gasteiger partial charge in [0.05, 0.1) is 0 Å². The molecule has 0 aliphatic carbocycles. The Morgan fingerprint density at radius 3 is 2.64 bits per heavy atom. The lowest BCUT2D eigenvalue weighted by Crippen LogP contribution is -1.80. The van der Waals surface area contributed by atoms with E-state index >= 15 is 0 Å². The van der Waals surface area contributed by atoms with Gasteiger partial charge in [-0.15, -0.1) is 0 Å². The Bertz CT molecular complexity index is 256. The normalized spacial score (nSPS) is 11.2. The summed E-state index contributed by atoms with van der Waals surface area (Å²) in [6.45, 7) is 6.26. The summed E-state index contributed by atoms with van der Waals surface area (Å²) in [7, 11) is 0. The van der Waals surface area contributed by atoms with Crippen molar-refractivity contribution < 1.29 is 0 Å². The first-order chi connectivity index (χ1) is 5.24. The number of rotatable bonds is 2. The van der Waals surface area contributed by atoms with Crippen LogP contribution in [0.5, 0.6) is 0 Å². The molecule has 0 spiro atoms. The topological polar surface area (TPSA) is 15.8 Å². The van der Waals surface area contributed by atoms with E-state index in [1.807, 2.05) is 0 Å². The Morgan fingerprint density at radius 1 is 1.45 bits per heavy atom. The summed E-state index contributed by atoms with van der Waals surface area (Å²) in [4.78, 5) is 3.28. The van der Waals surface area contributed by atoms with Crippen LogP contribution in [0.25, 0.3) is 0 Å². The van der Waals surface area contributed by atoms with E-state index in [4.69, 9.17) is 0 Å². The number of allylic oxidation sites excluding steroid dienone is 2. The molecule has 11 heavy (non-hydrogen) atoms. The van der Waals surface area contributed by atoms with Gasteiger partial charge in [0.2, 0.25) is 0 Å². The van der Waals surface area contributed by atoms with Crippen LogP contribution >= 0.6 is 0 Å². The molecule has 1 N–H and O–H groups in total. The Kier molecular flexibility index (Phi) is 2.53. The maximum Gasteiger partial charge on any atom is 0.0153 e. The van der Waals surface area contributed by atoms with Gasteiger partial charge in [-0.2, -0.15) is 0 Å². The van der Waals surface area contributed by atoms with Crippen molar-refractivity contribution in [1.29, 1.82) is 0 Å². The van der Waals surface area contributed by atoms with Gasteiger partial charge in [0.25, 0.3) is 0 Å². The fourth-order valence-electron chi connectivity index (χ4n) is 1.24. The van der Waals surface area contributed by atoms with Crippen molar-refractivity contribution in [1.82, 2.24) is 4.98 Å². The van der Waals surface area contributed by atoms with Crippen LogP contribution in [0.4, 0.5) is 0 Å². The number of H-pyrrole nitrogens is 1. The molecular weight excluding hydrogens is 134 g/mol. The summed E-state index contributed by atoms with van der Waals surface area (Å²) < 4.78 is 0. The second-order valence-corrected chi connectivity index (χ2v) is 2.88. The van der Waals surface area contributed by atoms with Crippen molar-refractivity contribution in [3.8, 4) is 0 Å². The number of aryl methyl sites for hydroxylation is 2. The van der Waals surface area contributed by atoms with Crippen LogP contribution in [-0.2, 0) is 6.42 Å². The molecule has 0 radical (unpaired) electrons. The van der Waals surface area contributed by atoms with E-state index < -0.39 is 0 Å². The van der Waals surface area contributed by atoms with Crippen molar-refractivity contribution >= 4 is 0 Å². The lowest BCUT2D eigenvalue weighted by molar-refractivity contribution is 1.15. The molecule has 1 rings (SSSR count). The van der Waals surface area contributed by atoms with E-state index in [9.17, 15) is 0 Å². The molecule has 0 atom stereocenters. The highest BCUT2D eigenvalue weighted by Crippen LogP contribution is 2.09. The Labute approximate surface area is 68.1 Å². The summed E-state index contributed by atoms with van der Waals surface area (Å²) in [6.07, 6.45) is 5.31. The summed E-state index contributed by atoms with van der Waals surface area (Å²) in [5.74, 6) is 0. The van der Waals surface area contributed by atoms with E-state index in [0.29, 0.717) is 0 Å². The van der Waals surface area contributed by atoms with Gasteiger partial charge >= 0.3 is 0 Å². The zero-order valence-electron chi connectivity index (χ0n) is 7.44. The number of nitrogens with one attached hydrogen (secondary N) is 1. The first-order valence-corrected chi connectivity index (χ1v) is 4.00. The molecule has 0 saturated carbocycles. The Morgan fingerprint density at radius 2 is 2.18 bits per heavy atom. The first kappa shape index (κ1) is 8.12. The molecule has 1 aromatic heterocycles. The predicted molar refractivity (Wildman–Crippen MR) is 48.8 cm³/mol. The van der Waals surface area contributed by atoms with Gasteiger partial charge in [-0.05, 0) is 38.8 Å². The number of aromatic amines is 1. The first-order valence-electron chi connectivity index (χ1n) is 4.00. The number of aromatic nitrogens is 1. The molecular formula is C10H15N. The molecule has 0 saturated heterocycles. The molecule has 0 aliphatic heterocycles. The van der Waals surface area contributed by atoms with Crippen molar-refractivity contribution in [2.45, 2.75) is 27.2 Å². The SMILES string of the molecule is C/C=C/Cc1cc(C)[nH]c1C. The molecule has 1 heterocycles. The highest BCUT2D eigenvalue weighted by atomic mass is 14.7. The largest absolute Gasteiger partial charge is 0.362 e. The molecule has 0 fully saturated rings. The summed E-state index contributed by atoms with van der Waals surface area (Å²) >= 11 is 0. The van der Waals surface area contributed by atoms with Gasteiger partial charge in [-0.25, -0.2) is 0 Å². The fourth-order valence-corrected chi connectivity index (χ4v) is 1.24. The third kappa shape index (κ3) is 1.97. The minimum Gasteiger partial charge on any atom is -0.362 e. The van der Waals surface area contributed by atoms with E-state index in [-0.39, 0.29) is 0 Å². The van der Waals surface area contributed by atoms with Crippen molar-refractivity contribution in [3.05, 3.63) is 35.2 Å². The van der Waals surface area contributed by atoms with Crippen molar-refractivity contribution in [3.63, 3.8) is 0 Å². The van der Waals surface area contributed by atoms with Crippen LogP contribution in [0.1, 0.15) is 23.9 Å². The molecule has 0 aromatic carbocycles. The van der Waals surface area contributed by atoms with Gasteiger partial charge in [0.15, 0.2) is 0 Å². The molecule has 0 unspecified atom stereocenters. The average molecular weight is 149 g/mol. The van der Waals surface area contributed by atoms with Crippen LogP contribution in [-0.4, -0.2) is 4.98 Å². The molecule has 1 nitrogen and oxygen atoms in total. The quantitative estimate of drug-likeness (QED) is 0.622. The van der Waals surface area contributed by atoms with Gasteiger partial charge in [-0.1, -0.05) is 12.2 Å². The fraction of sp³-hybridized carbons (Fsp3) is 0.400. The van der Waals surface area contributed by atoms with Crippen LogP contribution < -0.4 is 0 Å². The Balaban J connectivity index is 2.77. The van der Waals surface area contributed by atoms with Crippen LogP contribution in [0, 0.1) is 13.8 Å². The zero-order chi connectivity index (χ0) is 8.27. The molecule has 0 bridgehead atoms. The van der Waals surface area contributed by atoms with Gasteiger partial charge in [-0.3, -0.25) is 0 Å². The van der Waals surface area contributed by atoms with Crippen LogP contribution in [0.15, 0.2) is 18.2 Å². The van der Waals surface area contributed by atoms with E-state index in [0.717, 1.165) is 6.42 Å². The van der Waals surface area contributed by atoms with E-state index in [1.165, 1.54) is 17.0 Å². The van der Waals surface area contributed by atoms with Crippen LogP contribution in [0.2, 0.25) is 0 Å². The third-order valence-electron chi connectivity index (χ3n) is 1.83. The van der Waals surface area contributed by atoms with Gasteiger partial charge in [0, 0.05) is 11.4 Å². The lowest BCUT2D eigenvalue weighted by atomic mass is 10.2. The lowest BCUT2D eigenvalue weighted by Gasteiger charge is -1.91. The zero-order valence-corrected chi connectivity index (χ0v) is 7.44. The van der Waals surface area contributed by atoms with Gasteiger partial charge in [0.1, 0.15) is 0 Å². The summed E-state index contributed by atoms with van der Waals surface area (Å²) in [5, 5.41) is 0. The predicted octanol–water partition coefficient (Wildman–Crippen LogP) is 2.75.